The lowest BCUT2D eigenvalue weighted by atomic mass is 10.0. The minimum atomic E-state index is 0.133. The highest BCUT2D eigenvalue weighted by atomic mass is 16.2. The summed E-state index contributed by atoms with van der Waals surface area (Å²) in [5, 5.41) is 7.61. The van der Waals surface area contributed by atoms with Gasteiger partial charge >= 0.3 is 0 Å². The molecule has 0 saturated heterocycles. The maximum Gasteiger partial charge on any atom is 0.227 e. The smallest absolute Gasteiger partial charge is 0.227 e. The summed E-state index contributed by atoms with van der Waals surface area (Å²) in [5.41, 5.74) is 5.25. The van der Waals surface area contributed by atoms with Crippen molar-refractivity contribution in [3.8, 4) is 11.3 Å². The van der Waals surface area contributed by atoms with Gasteiger partial charge in [0.2, 0.25) is 5.91 Å². The van der Waals surface area contributed by atoms with Gasteiger partial charge < -0.3 is 4.90 Å². The first kappa shape index (κ1) is 14.6. The van der Waals surface area contributed by atoms with Gasteiger partial charge in [-0.3, -0.25) is 14.9 Å². The Bertz CT molecular complexity index is 842. The van der Waals surface area contributed by atoms with Gasteiger partial charge in [0.1, 0.15) is 0 Å². The maximum absolute atomic E-state index is 12.6. The first-order valence-corrected chi connectivity index (χ1v) is 8.09. The molecular formula is C19H18N4O. The van der Waals surface area contributed by atoms with E-state index in [0.29, 0.717) is 13.0 Å². The second kappa shape index (κ2) is 6.28. The fraction of sp³-hybridized carbons (Fsp3) is 0.211. The van der Waals surface area contributed by atoms with E-state index in [9.17, 15) is 4.79 Å². The predicted octanol–water partition coefficient (Wildman–Crippen LogP) is 2.60. The third kappa shape index (κ3) is 2.80. The van der Waals surface area contributed by atoms with E-state index in [4.69, 9.17) is 0 Å². The molecule has 1 N–H and O–H groups in total. The van der Waals surface area contributed by atoms with Crippen LogP contribution in [0, 0.1) is 0 Å². The van der Waals surface area contributed by atoms with Gasteiger partial charge in [-0.2, -0.15) is 5.10 Å². The van der Waals surface area contributed by atoms with Crippen LogP contribution in [0.5, 0.6) is 0 Å². The number of nitrogens with zero attached hydrogens (tertiary/aromatic N) is 3. The van der Waals surface area contributed by atoms with Crippen LogP contribution in [0.4, 0.5) is 0 Å². The molecule has 0 spiro atoms. The zero-order chi connectivity index (χ0) is 16.4. The molecule has 0 unspecified atom stereocenters. The number of hydrogen-bond donors (Lipinski definition) is 1. The Morgan fingerprint density at radius 2 is 2.04 bits per heavy atom. The van der Waals surface area contributed by atoms with Gasteiger partial charge in [0.25, 0.3) is 0 Å². The zero-order valence-electron chi connectivity index (χ0n) is 13.3. The maximum atomic E-state index is 12.6. The average molecular weight is 318 g/mol. The molecule has 0 saturated carbocycles. The van der Waals surface area contributed by atoms with Gasteiger partial charge in [-0.1, -0.05) is 36.4 Å². The number of aromatic amines is 1. The van der Waals surface area contributed by atoms with E-state index in [1.165, 1.54) is 0 Å². The summed E-state index contributed by atoms with van der Waals surface area (Å²) in [5.74, 6) is 0.133. The Kier molecular flexibility index (Phi) is 3.83. The summed E-state index contributed by atoms with van der Waals surface area (Å²) in [6.45, 7) is 1.33. The Morgan fingerprint density at radius 3 is 2.83 bits per heavy atom. The Labute approximate surface area is 140 Å². The lowest BCUT2D eigenvalue weighted by Gasteiger charge is -2.27. The molecule has 5 nitrogen and oxygen atoms in total. The molecule has 0 atom stereocenters. The quantitative estimate of drug-likeness (QED) is 0.807. The first-order chi connectivity index (χ1) is 11.8. The summed E-state index contributed by atoms with van der Waals surface area (Å²) in [4.78, 5) is 18.6. The van der Waals surface area contributed by atoms with Gasteiger partial charge in [0.15, 0.2) is 0 Å². The van der Waals surface area contributed by atoms with Crippen LogP contribution in [0.25, 0.3) is 11.3 Å². The van der Waals surface area contributed by atoms with E-state index in [1.54, 1.807) is 12.4 Å². The number of nitrogens with one attached hydrogen (secondary N) is 1. The largest absolute Gasteiger partial charge is 0.338 e. The average Bonchev–Trinajstić information content (AvgIpc) is 3.06. The number of H-pyrrole nitrogens is 1. The number of rotatable bonds is 3. The number of aromatic nitrogens is 3. The summed E-state index contributed by atoms with van der Waals surface area (Å²) >= 11 is 0. The Balaban J connectivity index is 1.55. The van der Waals surface area contributed by atoms with E-state index in [2.05, 4.69) is 15.2 Å². The summed E-state index contributed by atoms with van der Waals surface area (Å²) < 4.78 is 0. The van der Waals surface area contributed by atoms with Crippen LogP contribution in [0.2, 0.25) is 0 Å². The summed E-state index contributed by atoms with van der Waals surface area (Å²) in [6, 6.07) is 13.9. The molecule has 0 radical (unpaired) electrons. The highest BCUT2D eigenvalue weighted by Gasteiger charge is 2.25. The third-order valence-corrected chi connectivity index (χ3v) is 4.41. The van der Waals surface area contributed by atoms with Crippen LogP contribution >= 0.6 is 0 Å². The molecule has 5 heteroatoms. The zero-order valence-corrected chi connectivity index (χ0v) is 13.3. The van der Waals surface area contributed by atoms with E-state index in [1.807, 2.05) is 47.4 Å². The van der Waals surface area contributed by atoms with Crippen molar-refractivity contribution in [3.05, 3.63) is 71.7 Å². The molecule has 1 aliphatic rings. The summed E-state index contributed by atoms with van der Waals surface area (Å²) in [6.07, 6.45) is 4.68. The monoisotopic (exact) mass is 318 g/mol. The number of carbonyl (C=O) groups is 1. The van der Waals surface area contributed by atoms with Gasteiger partial charge in [0.05, 0.1) is 12.1 Å². The number of carbonyl (C=O) groups excluding carboxylic acids is 1. The highest BCUT2D eigenvalue weighted by Crippen LogP contribution is 2.28. The molecular weight excluding hydrogens is 300 g/mol. The standard InChI is InChI=1S/C19H18N4O/c24-18(11-14-5-4-9-20-12-14)23-10-8-17-16(13-23)19(22-21-17)15-6-2-1-3-7-15/h1-7,9,12H,8,10-11,13H2,(H,21,22). The lowest BCUT2D eigenvalue weighted by molar-refractivity contribution is -0.131. The van der Waals surface area contributed by atoms with Gasteiger partial charge in [-0.15, -0.1) is 0 Å². The number of amides is 1. The van der Waals surface area contributed by atoms with E-state index >= 15 is 0 Å². The molecule has 2 aromatic heterocycles. The van der Waals surface area contributed by atoms with Crippen molar-refractivity contribution in [2.45, 2.75) is 19.4 Å². The van der Waals surface area contributed by atoms with Crippen molar-refractivity contribution in [2.75, 3.05) is 6.54 Å². The SMILES string of the molecule is O=C(Cc1cccnc1)N1CCc2[nH]nc(-c3ccccc3)c2C1. The molecule has 3 heterocycles. The fourth-order valence-corrected chi connectivity index (χ4v) is 3.13. The van der Waals surface area contributed by atoms with Crippen molar-refractivity contribution in [1.82, 2.24) is 20.1 Å². The van der Waals surface area contributed by atoms with Crippen LogP contribution < -0.4 is 0 Å². The second-order valence-corrected chi connectivity index (χ2v) is 6.00. The van der Waals surface area contributed by atoms with Crippen LogP contribution in [0.3, 0.4) is 0 Å². The minimum Gasteiger partial charge on any atom is -0.338 e. The predicted molar refractivity (Wildman–Crippen MR) is 91.1 cm³/mol. The number of fused-ring (bicyclic) bond motifs is 1. The van der Waals surface area contributed by atoms with Crippen LogP contribution in [0.15, 0.2) is 54.9 Å². The van der Waals surface area contributed by atoms with Crippen molar-refractivity contribution >= 4 is 5.91 Å². The van der Waals surface area contributed by atoms with Gasteiger partial charge in [-0.05, 0) is 11.6 Å². The Morgan fingerprint density at radius 1 is 1.17 bits per heavy atom. The number of hydrogen-bond acceptors (Lipinski definition) is 3. The van der Waals surface area contributed by atoms with Crippen molar-refractivity contribution in [3.63, 3.8) is 0 Å². The van der Waals surface area contributed by atoms with Crippen molar-refractivity contribution in [1.29, 1.82) is 0 Å². The first-order valence-electron chi connectivity index (χ1n) is 8.09. The van der Waals surface area contributed by atoms with Gasteiger partial charge in [-0.25, -0.2) is 0 Å². The van der Waals surface area contributed by atoms with E-state index in [0.717, 1.165) is 41.0 Å². The minimum absolute atomic E-state index is 0.133. The van der Waals surface area contributed by atoms with Crippen LogP contribution in [-0.2, 0) is 24.2 Å². The van der Waals surface area contributed by atoms with E-state index in [-0.39, 0.29) is 5.91 Å². The van der Waals surface area contributed by atoms with Crippen molar-refractivity contribution < 1.29 is 4.79 Å². The molecule has 24 heavy (non-hydrogen) atoms. The molecule has 3 aromatic rings. The van der Waals surface area contributed by atoms with Gasteiger partial charge in [0, 0.05) is 48.7 Å². The molecule has 1 aromatic carbocycles. The second-order valence-electron chi connectivity index (χ2n) is 6.00. The lowest BCUT2D eigenvalue weighted by Crippen LogP contribution is -2.36. The topological polar surface area (TPSA) is 61.9 Å². The molecule has 4 rings (SSSR count). The van der Waals surface area contributed by atoms with Crippen LogP contribution in [-0.4, -0.2) is 32.5 Å². The fourth-order valence-electron chi connectivity index (χ4n) is 3.13. The van der Waals surface area contributed by atoms with Crippen molar-refractivity contribution in [2.24, 2.45) is 0 Å². The third-order valence-electron chi connectivity index (χ3n) is 4.41. The Hall–Kier alpha value is -2.95. The van der Waals surface area contributed by atoms with E-state index < -0.39 is 0 Å². The molecule has 1 aliphatic heterocycles. The number of pyridine rings is 1. The molecule has 120 valence electrons. The van der Waals surface area contributed by atoms with Crippen LogP contribution in [0.1, 0.15) is 16.8 Å². The molecule has 1 amide bonds. The number of benzene rings is 1. The molecule has 0 aliphatic carbocycles. The molecule has 0 bridgehead atoms. The highest BCUT2D eigenvalue weighted by molar-refractivity contribution is 5.79. The molecule has 0 fully saturated rings. The summed E-state index contributed by atoms with van der Waals surface area (Å²) in [7, 11) is 0. The normalized spacial score (nSPS) is 13.6.